The van der Waals surface area contributed by atoms with Gasteiger partial charge in [-0.1, -0.05) is 6.92 Å². The SMILES string of the molecule is CNC(Cc1ccncc1)CC(C)COC. The van der Waals surface area contributed by atoms with Crippen LogP contribution in [0.1, 0.15) is 18.9 Å². The van der Waals surface area contributed by atoms with Gasteiger partial charge < -0.3 is 10.1 Å². The average molecular weight is 222 g/mol. The zero-order valence-electron chi connectivity index (χ0n) is 10.4. The van der Waals surface area contributed by atoms with Gasteiger partial charge in [-0.2, -0.15) is 0 Å². The van der Waals surface area contributed by atoms with E-state index in [1.54, 1.807) is 7.11 Å². The van der Waals surface area contributed by atoms with Gasteiger partial charge in [0.15, 0.2) is 0 Å². The Bertz CT molecular complexity index is 277. The highest BCUT2D eigenvalue weighted by Gasteiger charge is 2.11. The van der Waals surface area contributed by atoms with E-state index in [4.69, 9.17) is 4.74 Å². The second kappa shape index (κ2) is 7.36. The van der Waals surface area contributed by atoms with Gasteiger partial charge in [0.2, 0.25) is 0 Å². The number of aromatic nitrogens is 1. The lowest BCUT2D eigenvalue weighted by atomic mass is 9.97. The number of likely N-dealkylation sites (N-methyl/N-ethyl adjacent to an activating group) is 1. The number of pyridine rings is 1. The van der Waals surface area contributed by atoms with Gasteiger partial charge in [0.25, 0.3) is 0 Å². The van der Waals surface area contributed by atoms with Gasteiger partial charge in [-0.3, -0.25) is 4.98 Å². The summed E-state index contributed by atoms with van der Waals surface area (Å²) >= 11 is 0. The van der Waals surface area contributed by atoms with Gasteiger partial charge >= 0.3 is 0 Å². The van der Waals surface area contributed by atoms with Gasteiger partial charge in [-0.05, 0) is 43.5 Å². The molecule has 1 rings (SSSR count). The van der Waals surface area contributed by atoms with Crippen molar-refractivity contribution in [2.75, 3.05) is 20.8 Å². The molecule has 0 bridgehead atoms. The molecule has 1 N–H and O–H groups in total. The molecule has 1 heterocycles. The summed E-state index contributed by atoms with van der Waals surface area (Å²) < 4.78 is 5.16. The van der Waals surface area contributed by atoms with Crippen LogP contribution in [0.3, 0.4) is 0 Å². The molecule has 0 radical (unpaired) electrons. The molecule has 0 amide bonds. The zero-order chi connectivity index (χ0) is 11.8. The van der Waals surface area contributed by atoms with Crippen LogP contribution in [0.4, 0.5) is 0 Å². The maximum Gasteiger partial charge on any atom is 0.0488 e. The smallest absolute Gasteiger partial charge is 0.0488 e. The molecular formula is C13H22N2O. The largest absolute Gasteiger partial charge is 0.384 e. The van der Waals surface area contributed by atoms with E-state index in [0.29, 0.717) is 12.0 Å². The standard InChI is InChI=1S/C13H22N2O/c1-11(10-16-3)8-13(14-2)9-12-4-6-15-7-5-12/h4-7,11,13-14H,8-10H2,1-3H3. The van der Waals surface area contributed by atoms with Gasteiger partial charge in [-0.25, -0.2) is 0 Å². The first-order valence-corrected chi connectivity index (χ1v) is 5.81. The molecule has 1 aromatic rings. The van der Waals surface area contributed by atoms with E-state index in [1.165, 1.54) is 5.56 Å². The predicted molar refractivity (Wildman–Crippen MR) is 66.4 cm³/mol. The molecule has 1 aromatic heterocycles. The first kappa shape index (κ1) is 13.1. The van der Waals surface area contributed by atoms with Crippen molar-refractivity contribution in [1.82, 2.24) is 10.3 Å². The van der Waals surface area contributed by atoms with E-state index < -0.39 is 0 Å². The molecule has 0 aliphatic heterocycles. The Hall–Kier alpha value is -0.930. The minimum Gasteiger partial charge on any atom is -0.384 e. The molecule has 0 fully saturated rings. The van der Waals surface area contributed by atoms with Crippen LogP contribution in [0, 0.1) is 5.92 Å². The minimum atomic E-state index is 0.507. The maximum atomic E-state index is 5.16. The van der Waals surface area contributed by atoms with Crippen molar-refractivity contribution >= 4 is 0 Å². The molecule has 0 aliphatic rings. The van der Waals surface area contributed by atoms with E-state index in [1.807, 2.05) is 19.4 Å². The Kier molecular flexibility index (Phi) is 6.04. The third-order valence-electron chi connectivity index (χ3n) is 2.78. The fourth-order valence-corrected chi connectivity index (χ4v) is 1.94. The Labute approximate surface area is 98.2 Å². The lowest BCUT2D eigenvalue weighted by Crippen LogP contribution is -2.30. The molecule has 0 aromatic carbocycles. The maximum absolute atomic E-state index is 5.16. The van der Waals surface area contributed by atoms with E-state index in [-0.39, 0.29) is 0 Å². The van der Waals surface area contributed by atoms with Crippen LogP contribution < -0.4 is 5.32 Å². The number of hydrogen-bond acceptors (Lipinski definition) is 3. The Morgan fingerprint density at radius 3 is 2.62 bits per heavy atom. The monoisotopic (exact) mass is 222 g/mol. The summed E-state index contributed by atoms with van der Waals surface area (Å²) in [4.78, 5) is 4.03. The molecule has 90 valence electrons. The molecule has 0 spiro atoms. The summed E-state index contributed by atoms with van der Waals surface area (Å²) in [5, 5.41) is 3.36. The molecule has 3 heteroatoms. The highest BCUT2D eigenvalue weighted by molar-refractivity contribution is 5.11. The molecule has 16 heavy (non-hydrogen) atoms. The van der Waals surface area contributed by atoms with Gasteiger partial charge in [0, 0.05) is 32.2 Å². The van der Waals surface area contributed by atoms with Crippen LogP contribution in [0.15, 0.2) is 24.5 Å². The van der Waals surface area contributed by atoms with Crippen molar-refractivity contribution < 1.29 is 4.74 Å². The number of nitrogens with zero attached hydrogens (tertiary/aromatic N) is 1. The van der Waals surface area contributed by atoms with Crippen LogP contribution in [-0.2, 0) is 11.2 Å². The fraction of sp³-hybridized carbons (Fsp3) is 0.615. The second-order valence-electron chi connectivity index (χ2n) is 4.34. The third kappa shape index (κ3) is 4.73. The minimum absolute atomic E-state index is 0.507. The van der Waals surface area contributed by atoms with E-state index >= 15 is 0 Å². The molecular weight excluding hydrogens is 200 g/mol. The highest BCUT2D eigenvalue weighted by atomic mass is 16.5. The van der Waals surface area contributed by atoms with E-state index in [0.717, 1.165) is 19.4 Å². The van der Waals surface area contributed by atoms with Crippen LogP contribution in [0.5, 0.6) is 0 Å². The molecule has 3 nitrogen and oxygen atoms in total. The molecule has 0 saturated carbocycles. The Balaban J connectivity index is 2.43. The number of hydrogen-bond donors (Lipinski definition) is 1. The van der Waals surface area contributed by atoms with Crippen LogP contribution in [0.25, 0.3) is 0 Å². The zero-order valence-corrected chi connectivity index (χ0v) is 10.4. The van der Waals surface area contributed by atoms with Crippen molar-refractivity contribution in [2.24, 2.45) is 5.92 Å². The first-order chi connectivity index (χ1) is 7.76. The molecule has 0 aliphatic carbocycles. The lowest BCUT2D eigenvalue weighted by molar-refractivity contribution is 0.150. The summed E-state index contributed by atoms with van der Waals surface area (Å²) in [5.74, 6) is 0.587. The predicted octanol–water partition coefficient (Wildman–Crippen LogP) is 1.88. The first-order valence-electron chi connectivity index (χ1n) is 5.81. The lowest BCUT2D eigenvalue weighted by Gasteiger charge is -2.20. The van der Waals surface area contributed by atoms with Gasteiger partial charge in [0.1, 0.15) is 0 Å². The molecule has 2 unspecified atom stereocenters. The van der Waals surface area contributed by atoms with Crippen molar-refractivity contribution in [2.45, 2.75) is 25.8 Å². The third-order valence-corrected chi connectivity index (χ3v) is 2.78. The van der Waals surface area contributed by atoms with E-state index in [2.05, 4.69) is 29.4 Å². The van der Waals surface area contributed by atoms with Crippen LogP contribution in [0.2, 0.25) is 0 Å². The van der Waals surface area contributed by atoms with Crippen molar-refractivity contribution in [3.05, 3.63) is 30.1 Å². The Morgan fingerprint density at radius 1 is 1.38 bits per heavy atom. The second-order valence-corrected chi connectivity index (χ2v) is 4.34. The number of nitrogens with one attached hydrogen (secondary N) is 1. The molecule has 2 atom stereocenters. The van der Waals surface area contributed by atoms with Gasteiger partial charge in [-0.15, -0.1) is 0 Å². The Morgan fingerprint density at radius 2 is 2.06 bits per heavy atom. The van der Waals surface area contributed by atoms with Gasteiger partial charge in [0.05, 0.1) is 0 Å². The number of methoxy groups -OCH3 is 1. The molecule has 0 saturated heterocycles. The number of ether oxygens (including phenoxy) is 1. The summed E-state index contributed by atoms with van der Waals surface area (Å²) in [7, 11) is 3.78. The van der Waals surface area contributed by atoms with Crippen LogP contribution in [-0.4, -0.2) is 31.8 Å². The van der Waals surface area contributed by atoms with Crippen LogP contribution >= 0.6 is 0 Å². The summed E-state index contributed by atoms with van der Waals surface area (Å²) in [6.45, 7) is 3.05. The quantitative estimate of drug-likeness (QED) is 0.765. The van der Waals surface area contributed by atoms with Crippen molar-refractivity contribution in [3.63, 3.8) is 0 Å². The normalized spacial score (nSPS) is 14.7. The number of rotatable bonds is 7. The highest BCUT2D eigenvalue weighted by Crippen LogP contribution is 2.11. The van der Waals surface area contributed by atoms with Crippen molar-refractivity contribution in [3.8, 4) is 0 Å². The summed E-state index contributed by atoms with van der Waals surface area (Å²) in [6, 6.07) is 4.66. The fourth-order valence-electron chi connectivity index (χ4n) is 1.94. The van der Waals surface area contributed by atoms with E-state index in [9.17, 15) is 0 Å². The summed E-state index contributed by atoms with van der Waals surface area (Å²) in [6.07, 6.45) is 5.88. The average Bonchev–Trinajstić information content (AvgIpc) is 2.30. The summed E-state index contributed by atoms with van der Waals surface area (Å²) in [5.41, 5.74) is 1.33. The van der Waals surface area contributed by atoms with Crippen molar-refractivity contribution in [1.29, 1.82) is 0 Å². The topological polar surface area (TPSA) is 34.2 Å².